The molecule has 7 heteroatoms. The Morgan fingerprint density at radius 2 is 1.58 bits per heavy atom. The van der Waals surface area contributed by atoms with Crippen LogP contribution in [0.25, 0.3) is 0 Å². The molecule has 6 nitrogen and oxygen atoms in total. The number of nitrogens with one attached hydrogen (secondary N) is 1. The van der Waals surface area contributed by atoms with E-state index in [-0.39, 0.29) is 24.5 Å². The average Bonchev–Trinajstić information content (AvgIpc) is 3.00. The first-order valence-corrected chi connectivity index (χ1v) is 15.5. The zero-order chi connectivity index (χ0) is 30.8. The maximum absolute atomic E-state index is 13.7. The van der Waals surface area contributed by atoms with Crippen molar-refractivity contribution in [1.82, 2.24) is 5.32 Å². The number of ether oxygens (including phenoxy) is 1. The molecule has 0 saturated heterocycles. The van der Waals surface area contributed by atoms with Gasteiger partial charge in [-0.05, 0) is 55.0 Å². The van der Waals surface area contributed by atoms with Gasteiger partial charge in [-0.2, -0.15) is 0 Å². The Hall–Kier alpha value is -3.61. The van der Waals surface area contributed by atoms with Crippen LogP contribution in [0.3, 0.4) is 0 Å². The Morgan fingerprint density at radius 1 is 0.930 bits per heavy atom. The number of halogens is 1. The van der Waals surface area contributed by atoms with Gasteiger partial charge in [0.05, 0.1) is 18.2 Å². The van der Waals surface area contributed by atoms with E-state index >= 15 is 0 Å². The summed E-state index contributed by atoms with van der Waals surface area (Å²) >= 11 is 6.42. The SMILES string of the molecule is CCCCCCOCC1NC(C)=C(C(=O)O)C(c2cccc(Cl)c2)C1(CCC(c1ccccc1)c1ccccc1)C(=O)O. The normalized spacial score (nSPS) is 20.2. The van der Waals surface area contributed by atoms with E-state index in [4.69, 9.17) is 16.3 Å². The second kappa shape index (κ2) is 15.2. The number of hydrogen-bond donors (Lipinski definition) is 3. The molecule has 3 unspecified atom stereocenters. The van der Waals surface area contributed by atoms with E-state index in [0.717, 1.165) is 36.8 Å². The molecule has 1 aliphatic heterocycles. The predicted molar refractivity (Wildman–Crippen MR) is 170 cm³/mol. The van der Waals surface area contributed by atoms with Crippen LogP contribution in [-0.2, 0) is 14.3 Å². The predicted octanol–water partition coefficient (Wildman–Crippen LogP) is 8.03. The van der Waals surface area contributed by atoms with Gasteiger partial charge in [-0.25, -0.2) is 4.79 Å². The zero-order valence-corrected chi connectivity index (χ0v) is 25.7. The molecular weight excluding hydrogens is 562 g/mol. The summed E-state index contributed by atoms with van der Waals surface area (Å²) in [7, 11) is 0. The monoisotopic (exact) mass is 603 g/mol. The fourth-order valence-electron chi connectivity index (χ4n) is 6.58. The summed E-state index contributed by atoms with van der Waals surface area (Å²) in [6.45, 7) is 4.51. The molecular formula is C36H42ClNO5. The van der Waals surface area contributed by atoms with Crippen molar-refractivity contribution in [1.29, 1.82) is 0 Å². The smallest absolute Gasteiger partial charge is 0.333 e. The highest BCUT2D eigenvalue weighted by Crippen LogP contribution is 2.52. The molecule has 3 aromatic carbocycles. The molecule has 0 aromatic heterocycles. The molecule has 228 valence electrons. The molecule has 3 N–H and O–H groups in total. The minimum absolute atomic E-state index is 0.0415. The minimum Gasteiger partial charge on any atom is -0.481 e. The van der Waals surface area contributed by atoms with Crippen molar-refractivity contribution >= 4 is 23.5 Å². The summed E-state index contributed by atoms with van der Waals surface area (Å²) in [5.74, 6) is -3.25. The number of unbranched alkanes of at least 4 members (excludes halogenated alkanes) is 3. The molecule has 1 aliphatic rings. The number of aliphatic carboxylic acids is 2. The van der Waals surface area contributed by atoms with Crippen molar-refractivity contribution in [2.24, 2.45) is 5.41 Å². The Labute approximate surface area is 259 Å². The third kappa shape index (κ3) is 7.49. The second-order valence-electron chi connectivity index (χ2n) is 11.4. The first-order valence-electron chi connectivity index (χ1n) is 15.2. The van der Waals surface area contributed by atoms with Crippen molar-refractivity contribution in [2.45, 2.75) is 70.3 Å². The average molecular weight is 604 g/mol. The number of rotatable bonds is 15. The first-order chi connectivity index (χ1) is 20.8. The van der Waals surface area contributed by atoms with Crippen LogP contribution >= 0.6 is 11.6 Å². The van der Waals surface area contributed by atoms with Crippen molar-refractivity contribution in [3.8, 4) is 0 Å². The third-order valence-corrected chi connectivity index (χ3v) is 8.94. The number of hydrogen-bond acceptors (Lipinski definition) is 4. The van der Waals surface area contributed by atoms with Gasteiger partial charge in [0, 0.05) is 29.2 Å². The van der Waals surface area contributed by atoms with E-state index in [1.807, 2.05) is 36.4 Å². The van der Waals surface area contributed by atoms with Gasteiger partial charge < -0.3 is 20.3 Å². The number of carbonyl (C=O) groups is 2. The van der Waals surface area contributed by atoms with E-state index in [9.17, 15) is 19.8 Å². The molecule has 0 amide bonds. The van der Waals surface area contributed by atoms with Crippen LogP contribution in [0.4, 0.5) is 0 Å². The lowest BCUT2D eigenvalue weighted by atomic mass is 9.59. The maximum Gasteiger partial charge on any atom is 0.333 e. The van der Waals surface area contributed by atoms with Gasteiger partial charge in [-0.1, -0.05) is 111 Å². The molecule has 3 aromatic rings. The highest BCUT2D eigenvalue weighted by atomic mass is 35.5. The second-order valence-corrected chi connectivity index (χ2v) is 11.9. The van der Waals surface area contributed by atoms with Gasteiger partial charge in [-0.15, -0.1) is 0 Å². The van der Waals surface area contributed by atoms with E-state index < -0.39 is 29.3 Å². The first kappa shape index (κ1) is 32.3. The van der Waals surface area contributed by atoms with Crippen LogP contribution in [0.2, 0.25) is 5.02 Å². The number of carboxylic acids is 2. The summed E-state index contributed by atoms with van der Waals surface area (Å²) in [6.07, 6.45) is 4.84. The van der Waals surface area contributed by atoms with E-state index in [2.05, 4.69) is 36.5 Å². The molecule has 0 bridgehead atoms. The molecule has 43 heavy (non-hydrogen) atoms. The number of allylic oxidation sites excluding steroid dienone is 1. The Kier molecular flexibility index (Phi) is 11.4. The summed E-state index contributed by atoms with van der Waals surface area (Å²) in [5, 5.41) is 25.4. The Bertz CT molecular complexity index is 1350. The summed E-state index contributed by atoms with van der Waals surface area (Å²) < 4.78 is 6.13. The molecule has 3 atom stereocenters. The molecule has 0 radical (unpaired) electrons. The third-order valence-electron chi connectivity index (χ3n) is 8.71. The quantitative estimate of drug-likeness (QED) is 0.152. The minimum atomic E-state index is -1.54. The summed E-state index contributed by atoms with van der Waals surface area (Å²) in [4.78, 5) is 26.6. The standard InChI is InChI=1S/C36H42ClNO5/c1-3-4-5-12-22-43-24-31-36(35(41)42,21-20-30(26-14-8-6-9-15-26)27-16-10-7-11-17-27)33(28-18-13-19-29(37)23-28)32(34(39)40)25(2)38-31/h6-11,13-19,23,30-31,33,38H,3-5,12,20-22,24H2,1-2H3,(H,39,40)(H,41,42). The molecule has 1 heterocycles. The zero-order valence-electron chi connectivity index (χ0n) is 25.0. The van der Waals surface area contributed by atoms with E-state index in [1.165, 1.54) is 0 Å². The Balaban J connectivity index is 1.82. The van der Waals surface area contributed by atoms with Crippen LogP contribution in [-0.4, -0.2) is 41.4 Å². The van der Waals surface area contributed by atoms with Gasteiger partial charge in [-0.3, -0.25) is 4.79 Å². The van der Waals surface area contributed by atoms with Crippen molar-refractivity contribution in [3.05, 3.63) is 118 Å². The fraction of sp³-hybridized carbons (Fsp3) is 0.389. The van der Waals surface area contributed by atoms with Gasteiger partial charge in [0.2, 0.25) is 0 Å². The van der Waals surface area contributed by atoms with E-state index in [0.29, 0.717) is 29.3 Å². The lowest BCUT2D eigenvalue weighted by molar-refractivity contribution is -0.155. The Morgan fingerprint density at radius 3 is 2.14 bits per heavy atom. The van der Waals surface area contributed by atoms with Crippen molar-refractivity contribution < 1.29 is 24.5 Å². The van der Waals surface area contributed by atoms with Crippen LogP contribution in [0.5, 0.6) is 0 Å². The van der Waals surface area contributed by atoms with Gasteiger partial charge >= 0.3 is 11.9 Å². The van der Waals surface area contributed by atoms with Crippen molar-refractivity contribution in [2.75, 3.05) is 13.2 Å². The topological polar surface area (TPSA) is 95.9 Å². The molecule has 4 rings (SSSR count). The summed E-state index contributed by atoms with van der Waals surface area (Å²) in [5.41, 5.74) is 1.66. The van der Waals surface area contributed by atoms with Crippen molar-refractivity contribution in [3.63, 3.8) is 0 Å². The van der Waals surface area contributed by atoms with Gasteiger partial charge in [0.15, 0.2) is 0 Å². The summed E-state index contributed by atoms with van der Waals surface area (Å²) in [6, 6.07) is 26.4. The fourth-order valence-corrected chi connectivity index (χ4v) is 6.78. The van der Waals surface area contributed by atoms with Gasteiger partial charge in [0.1, 0.15) is 5.41 Å². The van der Waals surface area contributed by atoms with E-state index in [1.54, 1.807) is 31.2 Å². The number of carboxylic acid groups (broad SMARTS) is 2. The molecule has 0 aliphatic carbocycles. The van der Waals surface area contributed by atoms with Crippen LogP contribution in [0, 0.1) is 5.41 Å². The molecule has 0 fully saturated rings. The van der Waals surface area contributed by atoms with Gasteiger partial charge in [0.25, 0.3) is 0 Å². The highest BCUT2D eigenvalue weighted by molar-refractivity contribution is 6.30. The maximum atomic E-state index is 13.7. The largest absolute Gasteiger partial charge is 0.481 e. The highest BCUT2D eigenvalue weighted by Gasteiger charge is 2.57. The lowest BCUT2D eigenvalue weighted by Gasteiger charge is -2.48. The molecule has 0 saturated carbocycles. The number of benzene rings is 3. The molecule has 0 spiro atoms. The van der Waals surface area contributed by atoms with Crippen LogP contribution in [0.15, 0.2) is 96.2 Å². The van der Waals surface area contributed by atoms with Crippen LogP contribution < -0.4 is 5.32 Å². The lowest BCUT2D eigenvalue weighted by Crippen LogP contribution is -2.59. The van der Waals surface area contributed by atoms with Crippen LogP contribution in [0.1, 0.15) is 80.9 Å².